The van der Waals surface area contributed by atoms with Gasteiger partial charge in [0.25, 0.3) is 11.5 Å². The highest BCUT2D eigenvalue weighted by Gasteiger charge is 2.41. The van der Waals surface area contributed by atoms with E-state index in [1.807, 2.05) is 6.92 Å². The van der Waals surface area contributed by atoms with Gasteiger partial charge < -0.3 is 37.9 Å². The summed E-state index contributed by atoms with van der Waals surface area (Å²) in [6.45, 7) is 1.79. The summed E-state index contributed by atoms with van der Waals surface area (Å²) in [7, 11) is 2.94. The van der Waals surface area contributed by atoms with Crippen molar-refractivity contribution in [2.45, 2.75) is 38.2 Å². The standard InChI is InChI=1S/C35H33FN2O13/c1-4-17-46-24-7-5-21(6-8-24)31(39)38-32(40)27(36)19-37(33(38)41)30-18-28(51-35(43)49-26-15-11-23(45-3)12-16-26)29(50-30)20-47-34(42)48-25-13-9-22(44-2)10-14-25/h5-16,19,28-30H,4,17-18,20H2,1-3H3/t28-,29+,30+/m0/s1. The average Bonchev–Trinajstić information content (AvgIpc) is 3.53. The number of nitrogens with zero attached hydrogens (tertiary/aromatic N) is 2. The van der Waals surface area contributed by atoms with E-state index in [0.717, 1.165) is 6.42 Å². The number of hydrogen-bond acceptors (Lipinski definition) is 13. The van der Waals surface area contributed by atoms with Crippen molar-refractivity contribution in [2.24, 2.45) is 0 Å². The van der Waals surface area contributed by atoms with E-state index in [2.05, 4.69) is 0 Å². The number of ether oxygens (including phenoxy) is 8. The zero-order valence-corrected chi connectivity index (χ0v) is 27.6. The number of carbonyl (C=O) groups is 3. The molecule has 0 spiro atoms. The topological polar surface area (TPSA) is 169 Å². The Kier molecular flexibility index (Phi) is 11.7. The van der Waals surface area contributed by atoms with Crippen molar-refractivity contribution in [2.75, 3.05) is 27.4 Å². The van der Waals surface area contributed by atoms with Gasteiger partial charge in [0.2, 0.25) is 5.82 Å². The molecule has 268 valence electrons. The van der Waals surface area contributed by atoms with Crippen LogP contribution >= 0.6 is 0 Å². The van der Waals surface area contributed by atoms with Crippen molar-refractivity contribution >= 4 is 18.2 Å². The van der Waals surface area contributed by atoms with E-state index >= 15 is 4.39 Å². The minimum Gasteiger partial charge on any atom is -0.497 e. The number of benzene rings is 3. The minimum absolute atomic E-state index is 0.0910. The van der Waals surface area contributed by atoms with Crippen molar-refractivity contribution < 1.29 is 56.7 Å². The Hall–Kier alpha value is -6.16. The van der Waals surface area contributed by atoms with Crippen molar-refractivity contribution in [1.82, 2.24) is 9.13 Å². The maximum atomic E-state index is 15.0. The fourth-order valence-electron chi connectivity index (χ4n) is 4.92. The molecule has 0 unspecified atom stereocenters. The predicted molar refractivity (Wildman–Crippen MR) is 174 cm³/mol. The van der Waals surface area contributed by atoms with Crippen LogP contribution in [-0.2, 0) is 14.2 Å². The third kappa shape index (κ3) is 8.90. The lowest BCUT2D eigenvalue weighted by Crippen LogP contribution is -2.46. The van der Waals surface area contributed by atoms with E-state index in [1.165, 1.54) is 62.8 Å². The fourth-order valence-corrected chi connectivity index (χ4v) is 4.92. The molecule has 1 aromatic heterocycles. The molecule has 3 atom stereocenters. The molecule has 16 heteroatoms. The smallest absolute Gasteiger partial charge is 0.497 e. The van der Waals surface area contributed by atoms with Crippen molar-refractivity contribution in [3.8, 4) is 28.7 Å². The van der Waals surface area contributed by atoms with Crippen LogP contribution in [0.3, 0.4) is 0 Å². The number of carbonyl (C=O) groups excluding carboxylic acids is 3. The Morgan fingerprint density at radius 2 is 1.35 bits per heavy atom. The molecular weight excluding hydrogens is 675 g/mol. The highest BCUT2D eigenvalue weighted by atomic mass is 19.1. The van der Waals surface area contributed by atoms with E-state index in [4.69, 9.17) is 37.9 Å². The fraction of sp³-hybridized carbons (Fsp3) is 0.286. The molecule has 51 heavy (non-hydrogen) atoms. The van der Waals surface area contributed by atoms with Gasteiger partial charge in [0, 0.05) is 12.0 Å². The largest absolute Gasteiger partial charge is 0.514 e. The SMILES string of the molecule is CCCOc1ccc(C(=O)n2c(=O)c(F)cn([C@H]3C[C@H](OC(=O)Oc4ccc(OC)cc4)[C@@H](COC(=O)Oc4ccc(OC)cc4)O3)c2=O)cc1. The maximum absolute atomic E-state index is 15.0. The Morgan fingerprint density at radius 3 is 1.92 bits per heavy atom. The van der Waals surface area contributed by atoms with Gasteiger partial charge in [-0.05, 0) is 79.2 Å². The van der Waals surface area contributed by atoms with Gasteiger partial charge in [-0.25, -0.2) is 14.4 Å². The first-order valence-electron chi connectivity index (χ1n) is 15.6. The summed E-state index contributed by atoms with van der Waals surface area (Å²) < 4.78 is 58.5. The van der Waals surface area contributed by atoms with E-state index in [0.29, 0.717) is 34.6 Å². The highest BCUT2D eigenvalue weighted by molar-refractivity contribution is 5.95. The quantitative estimate of drug-likeness (QED) is 0.146. The Morgan fingerprint density at radius 1 is 0.804 bits per heavy atom. The third-order valence-corrected chi connectivity index (χ3v) is 7.47. The van der Waals surface area contributed by atoms with Gasteiger partial charge in [-0.3, -0.25) is 14.2 Å². The Bertz CT molecular complexity index is 1960. The summed E-state index contributed by atoms with van der Waals surface area (Å²) in [4.78, 5) is 64.9. The number of rotatable bonds is 12. The molecule has 4 aromatic rings. The lowest BCUT2D eigenvalue weighted by molar-refractivity contribution is -0.0598. The van der Waals surface area contributed by atoms with Crippen LogP contribution in [0.25, 0.3) is 0 Å². The van der Waals surface area contributed by atoms with Crippen molar-refractivity contribution in [3.05, 3.63) is 111 Å². The predicted octanol–water partition coefficient (Wildman–Crippen LogP) is 4.73. The van der Waals surface area contributed by atoms with E-state index in [-0.39, 0.29) is 28.1 Å². The first-order chi connectivity index (χ1) is 24.6. The van der Waals surface area contributed by atoms with Gasteiger partial charge in [-0.15, -0.1) is 0 Å². The zero-order chi connectivity index (χ0) is 36.5. The van der Waals surface area contributed by atoms with Crippen LogP contribution in [0.1, 0.15) is 36.4 Å². The molecule has 0 aliphatic carbocycles. The zero-order valence-electron chi connectivity index (χ0n) is 27.6. The van der Waals surface area contributed by atoms with E-state index in [9.17, 15) is 24.0 Å². The molecule has 1 aliphatic heterocycles. The van der Waals surface area contributed by atoms with E-state index in [1.54, 1.807) is 24.3 Å². The molecule has 0 bridgehead atoms. The Labute approximate surface area is 289 Å². The summed E-state index contributed by atoms with van der Waals surface area (Å²) in [6.07, 6.45) is -5.19. The number of hydrogen-bond donors (Lipinski definition) is 0. The van der Waals surface area contributed by atoms with Crippen LogP contribution in [0.15, 0.2) is 88.6 Å². The molecule has 2 heterocycles. The van der Waals surface area contributed by atoms with Gasteiger partial charge in [-0.1, -0.05) is 6.92 Å². The molecule has 0 amide bonds. The second-order valence-corrected chi connectivity index (χ2v) is 10.9. The molecule has 5 rings (SSSR count). The lowest BCUT2D eigenvalue weighted by atomic mass is 10.2. The minimum atomic E-state index is -1.48. The molecule has 1 saturated heterocycles. The van der Waals surface area contributed by atoms with Gasteiger partial charge in [-0.2, -0.15) is 8.96 Å². The maximum Gasteiger partial charge on any atom is 0.514 e. The molecule has 15 nitrogen and oxygen atoms in total. The molecular formula is C35H33FN2O13. The lowest BCUT2D eigenvalue weighted by Gasteiger charge is -2.18. The molecule has 3 aromatic carbocycles. The van der Waals surface area contributed by atoms with Crippen LogP contribution in [0.2, 0.25) is 0 Å². The second-order valence-electron chi connectivity index (χ2n) is 10.9. The first kappa shape index (κ1) is 36.1. The molecule has 1 fully saturated rings. The van der Waals surface area contributed by atoms with Crippen LogP contribution < -0.4 is 34.9 Å². The van der Waals surface area contributed by atoms with Gasteiger partial charge in [0.1, 0.15) is 53.8 Å². The average molecular weight is 709 g/mol. The van der Waals surface area contributed by atoms with Crippen LogP contribution in [0.5, 0.6) is 28.7 Å². The summed E-state index contributed by atoms with van der Waals surface area (Å²) >= 11 is 0. The van der Waals surface area contributed by atoms with Gasteiger partial charge in [0.15, 0.2) is 0 Å². The van der Waals surface area contributed by atoms with Gasteiger partial charge >= 0.3 is 18.0 Å². The van der Waals surface area contributed by atoms with Crippen molar-refractivity contribution in [1.29, 1.82) is 0 Å². The molecule has 0 saturated carbocycles. The van der Waals surface area contributed by atoms with Gasteiger partial charge in [0.05, 0.1) is 27.0 Å². The van der Waals surface area contributed by atoms with Crippen LogP contribution in [0.4, 0.5) is 14.0 Å². The number of halogens is 1. The summed E-state index contributed by atoms with van der Waals surface area (Å²) in [5.41, 5.74) is -2.81. The molecule has 0 radical (unpaired) electrons. The molecule has 0 N–H and O–H groups in total. The normalized spacial score (nSPS) is 16.5. The monoisotopic (exact) mass is 708 g/mol. The number of methoxy groups -OCH3 is 2. The first-order valence-corrected chi connectivity index (χ1v) is 15.6. The summed E-state index contributed by atoms with van der Waals surface area (Å²) in [5, 5.41) is 0. The van der Waals surface area contributed by atoms with Crippen molar-refractivity contribution in [3.63, 3.8) is 0 Å². The third-order valence-electron chi connectivity index (χ3n) is 7.47. The Balaban J connectivity index is 1.36. The number of aromatic nitrogens is 2. The van der Waals surface area contributed by atoms with Crippen LogP contribution in [0, 0.1) is 5.82 Å². The summed E-state index contributed by atoms with van der Waals surface area (Å²) in [6, 6.07) is 17.7. The summed E-state index contributed by atoms with van der Waals surface area (Å²) in [5.74, 6) is -0.799. The molecule has 1 aliphatic rings. The second kappa shape index (κ2) is 16.5. The van der Waals surface area contributed by atoms with Crippen LogP contribution in [-0.4, -0.2) is 67.0 Å². The van der Waals surface area contributed by atoms with E-state index < -0.39 is 60.3 Å². The highest BCUT2D eigenvalue weighted by Crippen LogP contribution is 2.31.